The Hall–Kier alpha value is -3.00. The van der Waals surface area contributed by atoms with Crippen molar-refractivity contribution >= 4 is 57.5 Å². The summed E-state index contributed by atoms with van der Waals surface area (Å²) in [6.07, 6.45) is 0. The van der Waals surface area contributed by atoms with Crippen LogP contribution < -0.4 is 10.6 Å². The molecule has 1 atom stereocenters. The lowest BCUT2D eigenvalue weighted by atomic mass is 10.0. The number of nitro groups is 1. The highest BCUT2D eigenvalue weighted by atomic mass is 127. The number of carbonyl (C=O) groups is 2. The van der Waals surface area contributed by atoms with Crippen LogP contribution in [-0.4, -0.2) is 37.3 Å². The molecule has 0 unspecified atom stereocenters. The molecule has 2 N–H and O–H groups in total. The molecule has 10 nitrogen and oxygen atoms in total. The van der Waals surface area contributed by atoms with Gasteiger partial charge in [0.25, 0.3) is 11.6 Å². The maximum Gasteiger partial charge on any atom is 0.270 e. The molecule has 37 heavy (non-hydrogen) atoms. The Kier molecular flexibility index (Phi) is 9.65. The molecule has 0 saturated heterocycles. The maximum absolute atomic E-state index is 12.9. The molecule has 1 aromatic heterocycles. The van der Waals surface area contributed by atoms with Crippen molar-refractivity contribution in [1.29, 1.82) is 0 Å². The summed E-state index contributed by atoms with van der Waals surface area (Å²) in [6, 6.07) is 9.14. The van der Waals surface area contributed by atoms with Crippen molar-refractivity contribution < 1.29 is 14.5 Å². The minimum atomic E-state index is -0.537. The number of rotatable bonds is 10. The summed E-state index contributed by atoms with van der Waals surface area (Å²) in [4.78, 5) is 36.2. The van der Waals surface area contributed by atoms with Gasteiger partial charge in [-0.3, -0.25) is 19.7 Å². The zero-order valence-electron chi connectivity index (χ0n) is 21.2. The summed E-state index contributed by atoms with van der Waals surface area (Å²) in [5.74, 6) is 0.0811. The number of non-ortho nitro benzene ring substituents is 1. The molecule has 0 aliphatic rings. The molecular formula is C25H29IN6O4S. The van der Waals surface area contributed by atoms with Gasteiger partial charge >= 0.3 is 0 Å². The number of aryl methyl sites for hydroxylation is 2. The summed E-state index contributed by atoms with van der Waals surface area (Å²) in [5, 5.41) is 26.2. The lowest BCUT2D eigenvalue weighted by Gasteiger charge is -2.22. The minimum absolute atomic E-state index is 0.0369. The Labute approximate surface area is 233 Å². The van der Waals surface area contributed by atoms with Gasteiger partial charge in [0.1, 0.15) is 0 Å². The lowest BCUT2D eigenvalue weighted by molar-refractivity contribution is -0.384. The molecule has 3 aromatic rings. The lowest BCUT2D eigenvalue weighted by Crippen LogP contribution is -2.33. The van der Waals surface area contributed by atoms with E-state index in [0.29, 0.717) is 17.5 Å². The topological polar surface area (TPSA) is 132 Å². The van der Waals surface area contributed by atoms with Crippen LogP contribution >= 0.6 is 34.4 Å². The van der Waals surface area contributed by atoms with Gasteiger partial charge in [0.05, 0.1) is 16.7 Å². The van der Waals surface area contributed by atoms with Crippen LogP contribution in [0.2, 0.25) is 0 Å². The molecule has 12 heteroatoms. The first kappa shape index (κ1) is 28.6. The normalized spacial score (nSPS) is 11.9. The first-order chi connectivity index (χ1) is 17.5. The number of amides is 2. The molecule has 0 aliphatic heterocycles. The van der Waals surface area contributed by atoms with Crippen molar-refractivity contribution in [1.82, 2.24) is 20.1 Å². The van der Waals surface area contributed by atoms with Crippen LogP contribution in [0.3, 0.4) is 0 Å². The third kappa shape index (κ3) is 7.06. The summed E-state index contributed by atoms with van der Waals surface area (Å²) < 4.78 is 2.98. The molecule has 0 aliphatic carbocycles. The number of carbonyl (C=O) groups excluding carboxylic acids is 2. The van der Waals surface area contributed by atoms with Crippen LogP contribution in [0.25, 0.3) is 0 Å². The summed E-state index contributed by atoms with van der Waals surface area (Å²) in [5.41, 5.74) is 2.85. The Morgan fingerprint density at radius 2 is 1.84 bits per heavy atom. The van der Waals surface area contributed by atoms with E-state index >= 15 is 0 Å². The Morgan fingerprint density at radius 3 is 2.43 bits per heavy atom. The summed E-state index contributed by atoms with van der Waals surface area (Å²) >= 11 is 3.52. The van der Waals surface area contributed by atoms with E-state index in [1.165, 1.54) is 36.0 Å². The van der Waals surface area contributed by atoms with Crippen molar-refractivity contribution in [3.8, 4) is 0 Å². The van der Waals surface area contributed by atoms with E-state index in [1.54, 1.807) is 0 Å². The van der Waals surface area contributed by atoms with Crippen molar-refractivity contribution in [3.05, 3.63) is 72.6 Å². The van der Waals surface area contributed by atoms with Crippen LogP contribution in [-0.2, 0) is 11.3 Å². The number of hydrogen-bond acceptors (Lipinski definition) is 7. The highest BCUT2D eigenvalue weighted by Gasteiger charge is 2.27. The Morgan fingerprint density at radius 1 is 1.16 bits per heavy atom. The van der Waals surface area contributed by atoms with Gasteiger partial charge in [0.15, 0.2) is 11.0 Å². The third-order valence-corrected chi connectivity index (χ3v) is 7.30. The second-order valence-electron chi connectivity index (χ2n) is 8.84. The molecule has 2 aromatic carbocycles. The molecule has 0 fully saturated rings. The molecule has 1 heterocycles. The number of hydrogen-bond donors (Lipinski definition) is 2. The molecule has 196 valence electrons. The zero-order chi connectivity index (χ0) is 27.3. The van der Waals surface area contributed by atoms with E-state index in [0.717, 1.165) is 20.4 Å². The maximum atomic E-state index is 12.9. The van der Waals surface area contributed by atoms with E-state index < -0.39 is 16.9 Å². The third-order valence-electron chi connectivity index (χ3n) is 5.71. The number of nitrogens with one attached hydrogen (secondary N) is 2. The average molecular weight is 637 g/mol. The highest BCUT2D eigenvalue weighted by Crippen LogP contribution is 2.27. The van der Waals surface area contributed by atoms with Crippen LogP contribution in [0.5, 0.6) is 0 Å². The van der Waals surface area contributed by atoms with Gasteiger partial charge in [-0.15, -0.1) is 10.2 Å². The van der Waals surface area contributed by atoms with E-state index in [9.17, 15) is 19.7 Å². The van der Waals surface area contributed by atoms with Gasteiger partial charge < -0.3 is 15.2 Å². The van der Waals surface area contributed by atoms with Crippen LogP contribution in [0, 0.1) is 33.4 Å². The van der Waals surface area contributed by atoms with E-state index in [4.69, 9.17) is 0 Å². The van der Waals surface area contributed by atoms with E-state index in [-0.39, 0.29) is 28.8 Å². The zero-order valence-corrected chi connectivity index (χ0v) is 24.2. The summed E-state index contributed by atoms with van der Waals surface area (Å²) in [6.45, 7) is 10.3. The van der Waals surface area contributed by atoms with E-state index in [2.05, 4.69) is 43.4 Å². The molecule has 3 rings (SSSR count). The first-order valence-electron chi connectivity index (χ1n) is 11.7. The second kappa shape index (κ2) is 12.5. The molecule has 0 saturated carbocycles. The van der Waals surface area contributed by atoms with Gasteiger partial charge in [-0.05, 0) is 78.6 Å². The summed E-state index contributed by atoms with van der Waals surface area (Å²) in [7, 11) is 0. The fraction of sp³-hybridized carbons (Fsp3) is 0.360. The Balaban J connectivity index is 1.75. The van der Waals surface area contributed by atoms with Crippen LogP contribution in [0.1, 0.15) is 54.1 Å². The fourth-order valence-electron chi connectivity index (χ4n) is 3.86. The molecule has 0 spiro atoms. The second-order valence-corrected chi connectivity index (χ2v) is 11.0. The quantitative estimate of drug-likeness (QED) is 0.134. The van der Waals surface area contributed by atoms with Gasteiger partial charge in [0, 0.05) is 33.5 Å². The van der Waals surface area contributed by atoms with Crippen molar-refractivity contribution in [2.75, 3.05) is 11.1 Å². The average Bonchev–Trinajstić information content (AvgIpc) is 3.25. The van der Waals surface area contributed by atoms with Crippen molar-refractivity contribution in [3.63, 3.8) is 0 Å². The molecular weight excluding hydrogens is 607 g/mol. The number of nitrogens with zero attached hydrogens (tertiary/aromatic N) is 4. The van der Waals surface area contributed by atoms with Crippen LogP contribution in [0.15, 0.2) is 41.6 Å². The minimum Gasteiger partial charge on any atom is -0.342 e. The predicted octanol–water partition coefficient (Wildman–Crippen LogP) is 5.29. The highest BCUT2D eigenvalue weighted by molar-refractivity contribution is 14.1. The van der Waals surface area contributed by atoms with Crippen molar-refractivity contribution in [2.24, 2.45) is 5.92 Å². The number of benzene rings is 2. The van der Waals surface area contributed by atoms with Gasteiger partial charge in [0.2, 0.25) is 5.91 Å². The fourth-order valence-corrected chi connectivity index (χ4v) is 5.61. The smallest absolute Gasteiger partial charge is 0.270 e. The molecule has 0 radical (unpaired) electrons. The first-order valence-corrected chi connectivity index (χ1v) is 13.8. The largest absolute Gasteiger partial charge is 0.342 e. The van der Waals surface area contributed by atoms with E-state index in [1.807, 2.05) is 51.3 Å². The molecule has 0 bridgehead atoms. The number of halogens is 1. The van der Waals surface area contributed by atoms with Gasteiger partial charge in [-0.1, -0.05) is 31.7 Å². The van der Waals surface area contributed by atoms with Crippen molar-refractivity contribution in [2.45, 2.75) is 52.4 Å². The number of aromatic nitrogens is 3. The number of nitro benzene ring substituents is 1. The van der Waals surface area contributed by atoms with Gasteiger partial charge in [-0.2, -0.15) is 0 Å². The molecule has 2 amide bonds. The number of anilines is 1. The van der Waals surface area contributed by atoms with Gasteiger partial charge in [-0.25, -0.2) is 0 Å². The monoisotopic (exact) mass is 636 g/mol. The standard InChI is InChI=1S/C25H29IN6O4S/c1-6-31-23(21(14(2)3)28-24(34)17-8-7-9-19(12-17)32(35)36)29-30-25(31)37-13-20(33)27-22-15(4)10-18(26)11-16(22)5/h7-12,14,21H,6,13H2,1-5H3,(H,27,33)(H,28,34)/t21-/m1/s1. The predicted molar refractivity (Wildman–Crippen MR) is 152 cm³/mol. The number of thioether (sulfide) groups is 1. The van der Waals surface area contributed by atoms with Crippen LogP contribution in [0.4, 0.5) is 11.4 Å². The Bertz CT molecular complexity index is 1300. The SMILES string of the molecule is CCn1c(SCC(=O)Nc2c(C)cc(I)cc2C)nnc1[C@H](NC(=O)c1cccc([N+](=O)[O-])c1)C(C)C.